The van der Waals surface area contributed by atoms with E-state index in [1.807, 2.05) is 24.3 Å². The molecule has 1 heterocycles. The van der Waals surface area contributed by atoms with Crippen molar-refractivity contribution in [2.75, 3.05) is 0 Å². The lowest BCUT2D eigenvalue weighted by atomic mass is 10.0. The van der Waals surface area contributed by atoms with E-state index in [9.17, 15) is 35.1 Å². The molecule has 45 heavy (non-hydrogen) atoms. The molecule has 3 nitrogen and oxygen atoms in total. The standard InChI is InChI=1S/C34H24F8N2O/c1-2-3-4-5-19-6-8-20(9-7-19)23-17-43-33(44-18-23)22-14-27(36)31(28(37)15-22)34(41,42)45-24-10-11-25(26(35)16-24)21-12-29(38)32(40)30(39)13-21/h6-18H,2-5H2,1H3. The van der Waals surface area contributed by atoms with Gasteiger partial charge in [-0.3, -0.25) is 0 Å². The molecule has 0 unspecified atom stereocenters. The highest BCUT2D eigenvalue weighted by Gasteiger charge is 2.41. The molecule has 0 saturated carbocycles. The Kier molecular flexibility index (Phi) is 9.17. The molecule has 0 spiro atoms. The molecular formula is C34H24F8N2O. The van der Waals surface area contributed by atoms with Gasteiger partial charge in [0.1, 0.15) is 28.8 Å². The highest BCUT2D eigenvalue weighted by Crippen LogP contribution is 2.38. The van der Waals surface area contributed by atoms with Gasteiger partial charge in [-0.1, -0.05) is 44.0 Å². The van der Waals surface area contributed by atoms with Crippen LogP contribution in [0, 0.1) is 34.9 Å². The van der Waals surface area contributed by atoms with Crippen molar-refractivity contribution in [3.8, 4) is 39.4 Å². The molecule has 0 aliphatic heterocycles. The minimum absolute atomic E-state index is 0.116. The number of rotatable bonds is 10. The monoisotopic (exact) mass is 628 g/mol. The Balaban J connectivity index is 1.33. The summed E-state index contributed by atoms with van der Waals surface area (Å²) in [6.07, 6.45) is 2.61. The molecule has 0 N–H and O–H groups in total. The number of aromatic nitrogens is 2. The number of halogens is 8. The zero-order valence-electron chi connectivity index (χ0n) is 23.7. The Labute approximate surface area is 253 Å². The zero-order chi connectivity index (χ0) is 32.3. The van der Waals surface area contributed by atoms with Gasteiger partial charge in [-0.05, 0) is 65.9 Å². The minimum atomic E-state index is -4.61. The third kappa shape index (κ3) is 6.97. The number of unbranched alkanes of at least 4 members (excludes halogenated alkanes) is 2. The Morgan fingerprint density at radius 3 is 1.80 bits per heavy atom. The predicted octanol–water partition coefficient (Wildman–Crippen LogP) is 10.2. The summed E-state index contributed by atoms with van der Waals surface area (Å²) >= 11 is 0. The van der Waals surface area contributed by atoms with Crippen molar-refractivity contribution in [1.29, 1.82) is 0 Å². The van der Waals surface area contributed by atoms with Crippen LogP contribution in [0.2, 0.25) is 0 Å². The van der Waals surface area contributed by atoms with Crippen molar-refractivity contribution in [1.82, 2.24) is 9.97 Å². The van der Waals surface area contributed by atoms with Gasteiger partial charge in [-0.25, -0.2) is 36.3 Å². The van der Waals surface area contributed by atoms with Crippen molar-refractivity contribution in [2.24, 2.45) is 0 Å². The Morgan fingerprint density at radius 2 is 1.22 bits per heavy atom. The number of alkyl halides is 2. The Morgan fingerprint density at radius 1 is 0.622 bits per heavy atom. The van der Waals surface area contributed by atoms with Crippen LogP contribution in [-0.2, 0) is 12.5 Å². The summed E-state index contributed by atoms with van der Waals surface area (Å²) < 4.78 is 119. The second kappa shape index (κ2) is 13.1. The average Bonchev–Trinajstić information content (AvgIpc) is 2.99. The first kappa shape index (κ1) is 31.6. The Bertz CT molecular complexity index is 1780. The number of hydrogen-bond donors (Lipinski definition) is 0. The smallest absolute Gasteiger partial charge is 0.429 e. The van der Waals surface area contributed by atoms with Gasteiger partial charge in [0.2, 0.25) is 0 Å². The molecule has 0 radical (unpaired) electrons. The first-order valence-electron chi connectivity index (χ1n) is 13.9. The fourth-order valence-electron chi connectivity index (χ4n) is 4.75. The Hall–Kier alpha value is -4.80. The van der Waals surface area contributed by atoms with E-state index in [0.29, 0.717) is 35.9 Å². The average molecular weight is 629 g/mol. The molecular weight excluding hydrogens is 604 g/mol. The second-order valence-electron chi connectivity index (χ2n) is 10.3. The maximum atomic E-state index is 15.0. The predicted molar refractivity (Wildman–Crippen MR) is 152 cm³/mol. The maximum Gasteiger partial charge on any atom is 0.432 e. The number of ether oxygens (including phenoxy) is 1. The summed E-state index contributed by atoms with van der Waals surface area (Å²) in [5.74, 6) is -10.5. The molecule has 0 bridgehead atoms. The van der Waals surface area contributed by atoms with E-state index in [0.717, 1.165) is 43.4 Å². The van der Waals surface area contributed by atoms with Crippen molar-refractivity contribution in [2.45, 2.75) is 38.7 Å². The molecule has 1 aromatic heterocycles. The van der Waals surface area contributed by atoms with Crippen molar-refractivity contribution in [3.05, 3.63) is 125 Å². The molecule has 0 fully saturated rings. The summed E-state index contributed by atoms with van der Waals surface area (Å²) in [5.41, 5.74) is -0.171. The van der Waals surface area contributed by atoms with Crippen LogP contribution in [0.5, 0.6) is 5.75 Å². The first-order valence-corrected chi connectivity index (χ1v) is 13.9. The van der Waals surface area contributed by atoms with Gasteiger partial charge >= 0.3 is 6.11 Å². The van der Waals surface area contributed by atoms with Crippen molar-refractivity contribution >= 4 is 0 Å². The van der Waals surface area contributed by atoms with Crippen LogP contribution in [0.25, 0.3) is 33.6 Å². The van der Waals surface area contributed by atoms with Gasteiger partial charge in [0, 0.05) is 35.2 Å². The molecule has 5 rings (SSSR count). The highest BCUT2D eigenvalue weighted by atomic mass is 19.3. The summed E-state index contributed by atoms with van der Waals surface area (Å²) in [6, 6.07) is 12.2. The van der Waals surface area contributed by atoms with Gasteiger partial charge in [-0.15, -0.1) is 0 Å². The van der Waals surface area contributed by atoms with Gasteiger partial charge in [-0.2, -0.15) is 8.78 Å². The van der Waals surface area contributed by atoms with E-state index in [1.54, 1.807) is 0 Å². The van der Waals surface area contributed by atoms with Crippen LogP contribution in [0.1, 0.15) is 37.3 Å². The largest absolute Gasteiger partial charge is 0.432 e. The molecule has 5 aromatic rings. The molecule has 0 aliphatic carbocycles. The number of nitrogens with zero attached hydrogens (tertiary/aromatic N) is 2. The maximum absolute atomic E-state index is 15.0. The van der Waals surface area contributed by atoms with E-state index >= 15 is 0 Å². The van der Waals surface area contributed by atoms with Crippen LogP contribution in [0.3, 0.4) is 0 Å². The quantitative estimate of drug-likeness (QED) is 0.0877. The first-order chi connectivity index (χ1) is 21.5. The van der Waals surface area contributed by atoms with Gasteiger partial charge in [0.25, 0.3) is 0 Å². The molecule has 11 heteroatoms. The summed E-state index contributed by atoms with van der Waals surface area (Å²) in [7, 11) is 0. The number of aryl methyl sites for hydroxylation is 1. The summed E-state index contributed by atoms with van der Waals surface area (Å²) in [5, 5.41) is 0. The van der Waals surface area contributed by atoms with E-state index in [4.69, 9.17) is 0 Å². The van der Waals surface area contributed by atoms with E-state index in [-0.39, 0.29) is 11.4 Å². The third-order valence-corrected chi connectivity index (χ3v) is 7.08. The van der Waals surface area contributed by atoms with Gasteiger partial charge in [0.15, 0.2) is 23.3 Å². The van der Waals surface area contributed by atoms with Gasteiger partial charge < -0.3 is 4.74 Å². The molecule has 232 valence electrons. The topological polar surface area (TPSA) is 35.0 Å². The third-order valence-electron chi connectivity index (χ3n) is 7.08. The van der Waals surface area contributed by atoms with E-state index in [2.05, 4.69) is 21.6 Å². The number of hydrogen-bond acceptors (Lipinski definition) is 3. The van der Waals surface area contributed by atoms with E-state index in [1.165, 1.54) is 18.0 Å². The van der Waals surface area contributed by atoms with Crippen molar-refractivity contribution < 1.29 is 39.9 Å². The van der Waals surface area contributed by atoms with Crippen LogP contribution < -0.4 is 4.74 Å². The van der Waals surface area contributed by atoms with Crippen molar-refractivity contribution in [3.63, 3.8) is 0 Å². The van der Waals surface area contributed by atoms with E-state index < -0.39 is 63.5 Å². The number of benzene rings is 4. The lowest BCUT2D eigenvalue weighted by Gasteiger charge is -2.20. The molecule has 0 atom stereocenters. The SMILES string of the molecule is CCCCCc1ccc(-c2cnc(-c3cc(F)c(C(F)(F)Oc4ccc(-c5cc(F)c(F)c(F)c5)c(F)c4)c(F)c3)nc2)cc1. The van der Waals surface area contributed by atoms with Crippen LogP contribution in [0.4, 0.5) is 35.1 Å². The summed E-state index contributed by atoms with van der Waals surface area (Å²) in [6.45, 7) is 2.13. The molecule has 0 saturated heterocycles. The molecule has 0 amide bonds. The lowest BCUT2D eigenvalue weighted by Crippen LogP contribution is -2.25. The van der Waals surface area contributed by atoms with Crippen LogP contribution >= 0.6 is 0 Å². The molecule has 4 aromatic carbocycles. The minimum Gasteiger partial charge on any atom is -0.429 e. The second-order valence-corrected chi connectivity index (χ2v) is 10.3. The molecule has 0 aliphatic rings. The lowest BCUT2D eigenvalue weighted by molar-refractivity contribution is -0.189. The summed E-state index contributed by atoms with van der Waals surface area (Å²) in [4.78, 5) is 8.27. The fourth-order valence-corrected chi connectivity index (χ4v) is 4.75. The normalized spacial score (nSPS) is 11.6. The van der Waals surface area contributed by atoms with Gasteiger partial charge in [0.05, 0.1) is 0 Å². The van der Waals surface area contributed by atoms with Crippen LogP contribution in [0.15, 0.2) is 79.1 Å². The van der Waals surface area contributed by atoms with Crippen LogP contribution in [-0.4, -0.2) is 9.97 Å². The zero-order valence-corrected chi connectivity index (χ0v) is 23.7. The fraction of sp³-hybridized carbons (Fsp3) is 0.176. The highest BCUT2D eigenvalue weighted by molar-refractivity contribution is 5.66.